The first-order chi connectivity index (χ1) is 27.8. The zero-order chi connectivity index (χ0) is 37.0. The summed E-state index contributed by atoms with van der Waals surface area (Å²) in [4.78, 5) is 18.5. The van der Waals surface area contributed by atoms with E-state index in [1.807, 2.05) is 61.4 Å². The van der Waals surface area contributed by atoms with Gasteiger partial charge < -0.3 is 0 Å². The topological polar surface area (TPSA) is 61.4 Å². The second kappa shape index (κ2) is 13.0. The van der Waals surface area contributed by atoms with E-state index in [0.29, 0.717) is 0 Å². The highest BCUT2D eigenvalue weighted by Crippen LogP contribution is 2.38. The third-order valence-electron chi connectivity index (χ3n) is 10.8. The maximum absolute atomic E-state index is 4.94. The van der Waals surface area contributed by atoms with Crippen molar-refractivity contribution in [2.75, 3.05) is 0 Å². The van der Waals surface area contributed by atoms with Gasteiger partial charge in [-0.3, -0.25) is 19.1 Å². The van der Waals surface area contributed by atoms with Crippen molar-refractivity contribution in [3.63, 3.8) is 0 Å². The molecule has 11 aromatic rings. The molecule has 6 aromatic heterocycles. The lowest BCUT2D eigenvalue weighted by molar-refractivity contribution is 1.10. The van der Waals surface area contributed by atoms with E-state index in [9.17, 15) is 0 Å². The Kier molecular flexibility index (Phi) is 7.38. The number of fused-ring (bicyclic) bond motifs is 6. The number of aromatic nitrogens is 6. The summed E-state index contributed by atoms with van der Waals surface area (Å²) >= 11 is 0. The van der Waals surface area contributed by atoms with Crippen LogP contribution in [-0.4, -0.2) is 29.1 Å². The molecule has 0 atom stereocenters. The lowest BCUT2D eigenvalue weighted by atomic mass is 9.99. The largest absolute Gasteiger partial charge is 0.294 e. The number of benzene rings is 5. The molecule has 5 aromatic carbocycles. The average Bonchev–Trinajstić information content (AvgIpc) is 3.79. The predicted molar refractivity (Wildman–Crippen MR) is 228 cm³/mol. The zero-order valence-corrected chi connectivity index (χ0v) is 30.2. The Morgan fingerprint density at radius 1 is 0.304 bits per heavy atom. The highest BCUT2D eigenvalue weighted by Gasteiger charge is 2.18. The molecule has 0 amide bonds. The Morgan fingerprint density at radius 2 is 0.714 bits per heavy atom. The molecule has 0 spiro atoms. The third-order valence-corrected chi connectivity index (χ3v) is 10.8. The highest BCUT2D eigenvalue weighted by molar-refractivity contribution is 6.10. The summed E-state index contributed by atoms with van der Waals surface area (Å²) in [5.41, 5.74) is 15.2. The quantitative estimate of drug-likeness (QED) is 0.172. The molecule has 0 saturated carbocycles. The zero-order valence-electron chi connectivity index (χ0n) is 30.2. The fraction of sp³-hybridized carbons (Fsp3) is 0. The van der Waals surface area contributed by atoms with Gasteiger partial charge in [0.15, 0.2) is 0 Å². The van der Waals surface area contributed by atoms with Gasteiger partial charge in [0.25, 0.3) is 0 Å². The van der Waals surface area contributed by atoms with Gasteiger partial charge >= 0.3 is 0 Å². The van der Waals surface area contributed by atoms with Crippen molar-refractivity contribution in [2.24, 2.45) is 0 Å². The standard InChI is InChI=1S/C50H32N6/c1-8-33(26-35(10-1)39-12-4-22-51-31-39)37-18-20-47-45(28-37)43-16-6-24-53-49(43)55(47)41-14-3-15-42(30-41)56-48-21-19-38(29-46(48)44-17-7-25-54-50(44)56)34-9-2-11-36(27-34)40-13-5-23-52-32-40/h1-32H. The molecule has 0 aliphatic rings. The van der Waals surface area contributed by atoms with Crippen LogP contribution >= 0.6 is 0 Å². The molecule has 0 aliphatic heterocycles. The molecule has 6 nitrogen and oxygen atoms in total. The van der Waals surface area contributed by atoms with Crippen molar-refractivity contribution in [3.05, 3.63) is 195 Å². The van der Waals surface area contributed by atoms with E-state index < -0.39 is 0 Å². The van der Waals surface area contributed by atoms with Crippen molar-refractivity contribution in [1.29, 1.82) is 0 Å². The molecule has 0 radical (unpaired) electrons. The van der Waals surface area contributed by atoms with Gasteiger partial charge in [-0.2, -0.15) is 0 Å². The summed E-state index contributed by atoms with van der Waals surface area (Å²) in [7, 11) is 0. The van der Waals surface area contributed by atoms with Crippen molar-refractivity contribution in [3.8, 4) is 55.9 Å². The van der Waals surface area contributed by atoms with Crippen molar-refractivity contribution >= 4 is 43.9 Å². The SMILES string of the molecule is c1cncc(-c2cccc(-c3ccc4c(c3)c3cccnc3n4-c3cccc(-n4c5ccc(-c6cccc(-c7cccnc7)c6)cc5c5cccnc54)c3)c2)c1. The Balaban J connectivity index is 1.03. The fourth-order valence-electron chi connectivity index (χ4n) is 8.17. The minimum Gasteiger partial charge on any atom is -0.294 e. The second-order valence-corrected chi connectivity index (χ2v) is 14.0. The predicted octanol–water partition coefficient (Wildman–Crippen LogP) is 12.1. The molecule has 11 rings (SSSR count). The van der Waals surface area contributed by atoms with Gasteiger partial charge in [-0.05, 0) is 124 Å². The van der Waals surface area contributed by atoms with Crippen molar-refractivity contribution in [1.82, 2.24) is 29.1 Å². The fourth-order valence-corrected chi connectivity index (χ4v) is 8.17. The Labute approximate surface area is 322 Å². The Morgan fingerprint density at radius 3 is 1.18 bits per heavy atom. The van der Waals surface area contributed by atoms with Gasteiger partial charge in [0.1, 0.15) is 11.3 Å². The second-order valence-electron chi connectivity index (χ2n) is 14.0. The van der Waals surface area contributed by atoms with E-state index in [1.54, 1.807) is 0 Å². The summed E-state index contributed by atoms with van der Waals surface area (Å²) in [6, 6.07) is 56.0. The van der Waals surface area contributed by atoms with Gasteiger partial charge in [0.05, 0.1) is 11.0 Å². The molecular formula is C50H32N6. The third kappa shape index (κ3) is 5.27. The number of pyridine rings is 4. The number of rotatable bonds is 6. The van der Waals surface area contributed by atoms with Crippen LogP contribution in [0.1, 0.15) is 0 Å². The number of hydrogen-bond donors (Lipinski definition) is 0. The van der Waals surface area contributed by atoms with Gasteiger partial charge in [0, 0.05) is 81.2 Å². The molecule has 56 heavy (non-hydrogen) atoms. The molecule has 6 heteroatoms. The summed E-state index contributed by atoms with van der Waals surface area (Å²) in [6.07, 6.45) is 11.2. The molecule has 6 heterocycles. The van der Waals surface area contributed by atoms with E-state index >= 15 is 0 Å². The normalized spacial score (nSPS) is 11.6. The number of nitrogens with zero attached hydrogens (tertiary/aromatic N) is 6. The van der Waals surface area contributed by atoms with E-state index in [2.05, 4.69) is 153 Å². The van der Waals surface area contributed by atoms with E-state index in [0.717, 1.165) is 99.8 Å². The molecule has 0 saturated heterocycles. The monoisotopic (exact) mass is 716 g/mol. The number of hydrogen-bond acceptors (Lipinski definition) is 4. The molecule has 262 valence electrons. The minimum atomic E-state index is 0.916. The van der Waals surface area contributed by atoms with E-state index in [1.165, 1.54) is 0 Å². The maximum Gasteiger partial charge on any atom is 0.145 e. The van der Waals surface area contributed by atoms with Crippen LogP contribution in [-0.2, 0) is 0 Å². The van der Waals surface area contributed by atoms with Crippen LogP contribution < -0.4 is 0 Å². The van der Waals surface area contributed by atoms with Gasteiger partial charge in [-0.1, -0.05) is 66.7 Å². The summed E-state index contributed by atoms with van der Waals surface area (Å²) < 4.78 is 4.55. The Bertz CT molecular complexity index is 3040. The van der Waals surface area contributed by atoms with Crippen molar-refractivity contribution < 1.29 is 0 Å². The maximum atomic E-state index is 4.94. The molecule has 0 N–H and O–H groups in total. The van der Waals surface area contributed by atoms with Crippen LogP contribution in [0.5, 0.6) is 0 Å². The van der Waals surface area contributed by atoms with Crippen LogP contribution in [0.15, 0.2) is 195 Å². The Hall–Kier alpha value is -7.70. The first-order valence-corrected chi connectivity index (χ1v) is 18.7. The van der Waals surface area contributed by atoms with Crippen molar-refractivity contribution in [2.45, 2.75) is 0 Å². The smallest absolute Gasteiger partial charge is 0.145 e. The van der Waals surface area contributed by atoms with Crippen LogP contribution in [0.25, 0.3) is 99.8 Å². The van der Waals surface area contributed by atoms with Crippen LogP contribution in [0, 0.1) is 0 Å². The van der Waals surface area contributed by atoms with Crippen LogP contribution in [0.2, 0.25) is 0 Å². The van der Waals surface area contributed by atoms with Gasteiger partial charge in [0.2, 0.25) is 0 Å². The van der Waals surface area contributed by atoms with Crippen LogP contribution in [0.4, 0.5) is 0 Å². The lowest BCUT2D eigenvalue weighted by Crippen LogP contribution is -2.00. The lowest BCUT2D eigenvalue weighted by Gasteiger charge is -2.12. The summed E-state index contributed by atoms with van der Waals surface area (Å²) in [6.45, 7) is 0. The summed E-state index contributed by atoms with van der Waals surface area (Å²) in [5.74, 6) is 0. The molecule has 0 unspecified atom stereocenters. The van der Waals surface area contributed by atoms with E-state index in [-0.39, 0.29) is 0 Å². The summed E-state index contributed by atoms with van der Waals surface area (Å²) in [5, 5.41) is 4.52. The first-order valence-electron chi connectivity index (χ1n) is 18.7. The van der Waals surface area contributed by atoms with Crippen LogP contribution in [0.3, 0.4) is 0 Å². The highest BCUT2D eigenvalue weighted by atomic mass is 15.1. The minimum absolute atomic E-state index is 0.916. The molecule has 0 fully saturated rings. The van der Waals surface area contributed by atoms with E-state index in [4.69, 9.17) is 9.97 Å². The van der Waals surface area contributed by atoms with Gasteiger partial charge in [-0.25, -0.2) is 9.97 Å². The molecule has 0 bridgehead atoms. The molecular weight excluding hydrogens is 685 g/mol. The average molecular weight is 717 g/mol. The van der Waals surface area contributed by atoms with Gasteiger partial charge in [-0.15, -0.1) is 0 Å². The first kappa shape index (κ1) is 31.8. The molecule has 0 aliphatic carbocycles.